The second-order valence-electron chi connectivity index (χ2n) is 7.20. The topological polar surface area (TPSA) is 85.6 Å². The molecule has 4 rings (SSSR count). The van der Waals surface area contributed by atoms with Crippen molar-refractivity contribution in [1.29, 1.82) is 0 Å². The zero-order valence-corrected chi connectivity index (χ0v) is 17.0. The Kier molecular flexibility index (Phi) is 5.86. The van der Waals surface area contributed by atoms with Crippen molar-refractivity contribution in [2.24, 2.45) is 0 Å². The van der Waals surface area contributed by atoms with Gasteiger partial charge in [0, 0.05) is 40.6 Å². The summed E-state index contributed by atoms with van der Waals surface area (Å²) in [5.41, 5.74) is 2.42. The molecule has 0 saturated heterocycles. The predicted molar refractivity (Wildman–Crippen MR) is 113 cm³/mol. The van der Waals surface area contributed by atoms with Crippen LogP contribution < -0.4 is 15.7 Å². The summed E-state index contributed by atoms with van der Waals surface area (Å²) in [7, 11) is 0. The maximum atomic E-state index is 12.1. The summed E-state index contributed by atoms with van der Waals surface area (Å²) < 4.78 is 10.8. The van der Waals surface area contributed by atoms with Gasteiger partial charge < -0.3 is 14.5 Å². The first-order valence-electron chi connectivity index (χ1n) is 9.84. The summed E-state index contributed by atoms with van der Waals surface area (Å²) in [5, 5.41) is 4.21. The first kappa shape index (κ1) is 20.2. The zero-order chi connectivity index (χ0) is 21.1. The molecular weight excluding hydrogens is 406 g/mol. The van der Waals surface area contributed by atoms with E-state index in [0.29, 0.717) is 34.9 Å². The number of amides is 1. The summed E-state index contributed by atoms with van der Waals surface area (Å²) in [5.74, 6) is -0.311. The van der Waals surface area contributed by atoms with Crippen LogP contribution >= 0.6 is 11.6 Å². The Hall–Kier alpha value is -3.12. The van der Waals surface area contributed by atoms with E-state index in [0.717, 1.165) is 35.8 Å². The molecule has 0 saturated carbocycles. The average molecular weight is 426 g/mol. The van der Waals surface area contributed by atoms with Crippen molar-refractivity contribution in [2.45, 2.75) is 32.1 Å². The smallest absolute Gasteiger partial charge is 0.339 e. The lowest BCUT2D eigenvalue weighted by atomic mass is 10.1. The molecule has 1 amide bonds. The molecule has 1 N–H and O–H groups in total. The summed E-state index contributed by atoms with van der Waals surface area (Å²) >= 11 is 5.80. The number of benzene rings is 2. The molecule has 30 heavy (non-hydrogen) atoms. The van der Waals surface area contributed by atoms with E-state index in [9.17, 15) is 14.4 Å². The first-order chi connectivity index (χ1) is 14.5. The number of carbonyl (C=O) groups is 2. The van der Waals surface area contributed by atoms with Gasteiger partial charge in [0.15, 0.2) is 0 Å². The van der Waals surface area contributed by atoms with Gasteiger partial charge in [0.05, 0.1) is 0 Å². The van der Waals surface area contributed by atoms with Crippen molar-refractivity contribution >= 4 is 34.4 Å². The first-order valence-corrected chi connectivity index (χ1v) is 10.2. The Morgan fingerprint density at radius 2 is 1.83 bits per heavy atom. The molecule has 1 heterocycles. The second kappa shape index (κ2) is 8.71. The monoisotopic (exact) mass is 425 g/mol. The molecule has 7 heteroatoms. The average Bonchev–Trinajstić information content (AvgIpc) is 3.22. The Balaban J connectivity index is 1.30. The Bertz CT molecular complexity index is 1170. The van der Waals surface area contributed by atoms with Gasteiger partial charge in [0.1, 0.15) is 11.3 Å². The van der Waals surface area contributed by atoms with E-state index < -0.39 is 5.97 Å². The minimum Gasteiger partial charge on any atom is -0.426 e. The van der Waals surface area contributed by atoms with Crippen LogP contribution in [0.5, 0.6) is 5.75 Å². The van der Waals surface area contributed by atoms with Crippen molar-refractivity contribution < 1.29 is 18.7 Å². The van der Waals surface area contributed by atoms with Crippen LogP contribution in [0.1, 0.15) is 40.7 Å². The fourth-order valence-electron chi connectivity index (χ4n) is 3.65. The van der Waals surface area contributed by atoms with Gasteiger partial charge in [-0.15, -0.1) is 0 Å². The second-order valence-corrected chi connectivity index (χ2v) is 7.63. The van der Waals surface area contributed by atoms with Gasteiger partial charge in [0.25, 0.3) is 5.91 Å². The van der Waals surface area contributed by atoms with Gasteiger partial charge in [-0.25, -0.2) is 4.79 Å². The van der Waals surface area contributed by atoms with E-state index in [2.05, 4.69) is 5.32 Å². The van der Waals surface area contributed by atoms with Crippen LogP contribution in [0, 0.1) is 0 Å². The van der Waals surface area contributed by atoms with E-state index in [-0.39, 0.29) is 18.0 Å². The summed E-state index contributed by atoms with van der Waals surface area (Å²) in [6.45, 7) is 0.343. The highest BCUT2D eigenvalue weighted by Crippen LogP contribution is 2.29. The van der Waals surface area contributed by atoms with Crippen LogP contribution in [-0.4, -0.2) is 18.4 Å². The van der Waals surface area contributed by atoms with Crippen LogP contribution in [0.3, 0.4) is 0 Å². The number of aryl methyl sites for hydroxylation is 1. The van der Waals surface area contributed by atoms with Gasteiger partial charge in [0.2, 0.25) is 0 Å². The van der Waals surface area contributed by atoms with E-state index in [1.807, 2.05) is 6.07 Å². The normalized spacial score (nSPS) is 12.6. The summed E-state index contributed by atoms with van der Waals surface area (Å²) in [6.07, 6.45) is 3.14. The molecule has 0 radical (unpaired) electrons. The third-order valence-corrected chi connectivity index (χ3v) is 5.38. The fourth-order valence-corrected chi connectivity index (χ4v) is 3.77. The third kappa shape index (κ3) is 4.39. The van der Waals surface area contributed by atoms with Gasteiger partial charge in [-0.1, -0.05) is 11.6 Å². The summed E-state index contributed by atoms with van der Waals surface area (Å²) in [4.78, 5) is 36.2. The highest BCUT2D eigenvalue weighted by Gasteiger charge is 2.20. The third-order valence-electron chi connectivity index (χ3n) is 5.13. The van der Waals surface area contributed by atoms with Gasteiger partial charge in [-0.3, -0.25) is 9.59 Å². The Morgan fingerprint density at radius 3 is 2.63 bits per heavy atom. The molecule has 2 aromatic carbocycles. The SMILES string of the molecule is O=C(CCCNC(=O)c1ccc(Cl)cc1)Oc1ccc2c3c(c(=O)oc2c1)CCC3. The Labute approximate surface area is 177 Å². The van der Waals surface area contributed by atoms with Gasteiger partial charge in [-0.2, -0.15) is 0 Å². The zero-order valence-electron chi connectivity index (χ0n) is 16.2. The van der Waals surface area contributed by atoms with Crippen molar-refractivity contribution in [1.82, 2.24) is 5.32 Å². The van der Waals surface area contributed by atoms with Gasteiger partial charge in [-0.05, 0) is 67.6 Å². The van der Waals surface area contributed by atoms with E-state index in [1.54, 1.807) is 36.4 Å². The maximum absolute atomic E-state index is 12.1. The van der Waals surface area contributed by atoms with Crippen molar-refractivity contribution in [2.75, 3.05) is 6.54 Å². The van der Waals surface area contributed by atoms with Crippen LogP contribution in [0.4, 0.5) is 0 Å². The summed E-state index contributed by atoms with van der Waals surface area (Å²) in [6, 6.07) is 11.7. The Morgan fingerprint density at radius 1 is 1.07 bits per heavy atom. The quantitative estimate of drug-likeness (QED) is 0.278. The number of rotatable bonds is 6. The predicted octanol–water partition coefficient (Wildman–Crippen LogP) is 4.05. The van der Waals surface area contributed by atoms with E-state index in [1.165, 1.54) is 0 Å². The number of carbonyl (C=O) groups excluding carboxylic acids is 2. The molecule has 0 aliphatic heterocycles. The number of hydrogen-bond donors (Lipinski definition) is 1. The lowest BCUT2D eigenvalue weighted by molar-refractivity contribution is -0.134. The fraction of sp³-hybridized carbons (Fsp3) is 0.261. The molecule has 0 unspecified atom stereocenters. The minimum atomic E-state index is -0.418. The minimum absolute atomic E-state index is 0.146. The van der Waals surface area contributed by atoms with Crippen LogP contribution in [-0.2, 0) is 17.6 Å². The molecule has 1 aromatic heterocycles. The van der Waals surface area contributed by atoms with Crippen LogP contribution in [0.15, 0.2) is 51.7 Å². The molecular formula is C23H20ClNO5. The lowest BCUT2D eigenvalue weighted by Crippen LogP contribution is -2.25. The molecule has 0 bridgehead atoms. The lowest BCUT2D eigenvalue weighted by Gasteiger charge is -2.08. The molecule has 0 spiro atoms. The van der Waals surface area contributed by atoms with E-state index >= 15 is 0 Å². The van der Waals surface area contributed by atoms with Crippen molar-refractivity contribution in [3.05, 3.63) is 74.6 Å². The maximum Gasteiger partial charge on any atom is 0.339 e. The molecule has 3 aromatic rings. The van der Waals surface area contributed by atoms with Crippen molar-refractivity contribution in [3.8, 4) is 5.75 Å². The number of ether oxygens (including phenoxy) is 1. The number of fused-ring (bicyclic) bond motifs is 3. The molecule has 0 atom stereocenters. The number of esters is 1. The standard InChI is InChI=1S/C23H20ClNO5/c24-15-8-6-14(7-9-15)22(27)25-12-2-5-21(26)29-16-10-11-18-17-3-1-4-19(17)23(28)30-20(18)13-16/h6-11,13H,1-5,12H2,(H,25,27). The molecule has 1 aliphatic rings. The molecule has 0 fully saturated rings. The van der Waals surface area contributed by atoms with Crippen LogP contribution in [0.2, 0.25) is 5.02 Å². The van der Waals surface area contributed by atoms with Crippen LogP contribution in [0.25, 0.3) is 11.0 Å². The largest absolute Gasteiger partial charge is 0.426 e. The number of hydrogen-bond acceptors (Lipinski definition) is 5. The van der Waals surface area contributed by atoms with Crippen molar-refractivity contribution in [3.63, 3.8) is 0 Å². The number of nitrogens with one attached hydrogen (secondary N) is 1. The molecule has 1 aliphatic carbocycles. The van der Waals surface area contributed by atoms with Gasteiger partial charge >= 0.3 is 11.6 Å². The van der Waals surface area contributed by atoms with E-state index in [4.69, 9.17) is 20.8 Å². The molecule has 154 valence electrons. The highest BCUT2D eigenvalue weighted by atomic mass is 35.5. The highest BCUT2D eigenvalue weighted by molar-refractivity contribution is 6.30. The number of halogens is 1. The molecule has 6 nitrogen and oxygen atoms in total.